The first-order valence-electron chi connectivity index (χ1n) is 7.64. The summed E-state index contributed by atoms with van der Waals surface area (Å²) in [6.45, 7) is 7.37. The Balaban J connectivity index is 2.21. The van der Waals surface area contributed by atoms with Crippen molar-refractivity contribution in [3.05, 3.63) is 29.6 Å². The number of nitrogens with zero attached hydrogens (tertiary/aromatic N) is 2. The monoisotopic (exact) mass is 286 g/mol. The molecule has 1 aliphatic carbocycles. The number of imidazole rings is 1. The van der Waals surface area contributed by atoms with Crippen molar-refractivity contribution in [2.24, 2.45) is 5.41 Å². The van der Waals surface area contributed by atoms with Crippen LogP contribution in [0.1, 0.15) is 62.1 Å². The van der Waals surface area contributed by atoms with E-state index in [9.17, 15) is 9.90 Å². The second kappa shape index (κ2) is 4.86. The van der Waals surface area contributed by atoms with Crippen molar-refractivity contribution in [3.8, 4) is 0 Å². The summed E-state index contributed by atoms with van der Waals surface area (Å²) in [6, 6.07) is 5.36. The summed E-state index contributed by atoms with van der Waals surface area (Å²) in [5, 5.41) is 9.48. The average Bonchev–Trinajstić information content (AvgIpc) is 2.75. The Morgan fingerprint density at radius 1 is 1.43 bits per heavy atom. The number of fused-ring (bicyclic) bond motifs is 1. The average molecular weight is 286 g/mol. The minimum atomic E-state index is -0.879. The van der Waals surface area contributed by atoms with Gasteiger partial charge in [0.25, 0.3) is 0 Å². The molecule has 4 nitrogen and oxygen atoms in total. The van der Waals surface area contributed by atoms with Gasteiger partial charge in [-0.3, -0.25) is 0 Å². The largest absolute Gasteiger partial charge is 0.478 e. The molecule has 0 saturated heterocycles. The summed E-state index contributed by atoms with van der Waals surface area (Å²) < 4.78 is 2.16. The summed E-state index contributed by atoms with van der Waals surface area (Å²) in [6.07, 6.45) is 3.69. The Morgan fingerprint density at radius 3 is 2.67 bits per heavy atom. The van der Waals surface area contributed by atoms with Crippen LogP contribution in [0.25, 0.3) is 11.0 Å². The molecule has 0 bridgehead atoms. The van der Waals surface area contributed by atoms with E-state index in [0.717, 1.165) is 23.4 Å². The van der Waals surface area contributed by atoms with Crippen molar-refractivity contribution in [1.29, 1.82) is 0 Å². The minimum absolute atomic E-state index is 0.280. The molecule has 3 rings (SSSR count). The number of rotatable bonds is 4. The van der Waals surface area contributed by atoms with Crippen LogP contribution in [-0.2, 0) is 6.54 Å². The molecule has 4 heteroatoms. The van der Waals surface area contributed by atoms with Gasteiger partial charge < -0.3 is 9.67 Å². The molecule has 112 valence electrons. The zero-order valence-electron chi connectivity index (χ0n) is 12.9. The van der Waals surface area contributed by atoms with E-state index in [4.69, 9.17) is 4.98 Å². The van der Waals surface area contributed by atoms with Gasteiger partial charge in [-0.25, -0.2) is 9.78 Å². The van der Waals surface area contributed by atoms with Crippen molar-refractivity contribution in [1.82, 2.24) is 9.55 Å². The molecule has 2 aromatic rings. The lowest BCUT2D eigenvalue weighted by molar-refractivity contribution is 0.0697. The van der Waals surface area contributed by atoms with Gasteiger partial charge in [-0.05, 0) is 30.4 Å². The van der Waals surface area contributed by atoms with Gasteiger partial charge in [-0.1, -0.05) is 33.3 Å². The molecule has 1 aliphatic rings. The molecule has 1 fully saturated rings. The molecule has 1 saturated carbocycles. The zero-order chi connectivity index (χ0) is 15.2. The van der Waals surface area contributed by atoms with Crippen molar-refractivity contribution in [2.45, 2.75) is 52.5 Å². The Morgan fingerprint density at radius 2 is 2.14 bits per heavy atom. The lowest BCUT2D eigenvalue weighted by atomic mass is 9.70. The predicted octanol–water partition coefficient (Wildman–Crippen LogP) is 4.05. The molecule has 0 aliphatic heterocycles. The van der Waals surface area contributed by atoms with E-state index in [2.05, 4.69) is 25.3 Å². The minimum Gasteiger partial charge on any atom is -0.478 e. The van der Waals surface area contributed by atoms with E-state index < -0.39 is 5.97 Å². The first-order chi connectivity index (χ1) is 9.91. The molecule has 1 aromatic carbocycles. The van der Waals surface area contributed by atoms with Crippen LogP contribution >= 0.6 is 0 Å². The molecule has 0 spiro atoms. The fourth-order valence-corrected chi connectivity index (χ4v) is 3.30. The summed E-state index contributed by atoms with van der Waals surface area (Å²) >= 11 is 0. The first kappa shape index (κ1) is 14.1. The highest BCUT2D eigenvalue weighted by Gasteiger charge is 2.34. The standard InChI is InChI=1S/C17H22N2O2/c1-11(2)15-18-13-7-4-6-12(16(20)21)14(13)19(15)10-17(3)8-5-9-17/h4,6-7,11H,5,8-10H2,1-3H3,(H,20,21). The van der Waals surface area contributed by atoms with Gasteiger partial charge in [0.05, 0.1) is 16.6 Å². The van der Waals surface area contributed by atoms with Crippen molar-refractivity contribution < 1.29 is 9.90 Å². The number of carboxylic acids is 1. The highest BCUT2D eigenvalue weighted by Crippen LogP contribution is 2.43. The summed E-state index contributed by atoms with van der Waals surface area (Å²) in [4.78, 5) is 16.3. The molecule has 0 radical (unpaired) electrons. The van der Waals surface area contributed by atoms with Crippen LogP contribution in [0, 0.1) is 5.41 Å². The summed E-state index contributed by atoms with van der Waals surface area (Å²) in [5.74, 6) is 0.394. The normalized spacial score (nSPS) is 17.1. The molecule has 0 unspecified atom stereocenters. The molecular weight excluding hydrogens is 264 g/mol. The zero-order valence-corrected chi connectivity index (χ0v) is 12.9. The number of carboxylic acid groups (broad SMARTS) is 1. The number of aromatic carboxylic acids is 1. The highest BCUT2D eigenvalue weighted by atomic mass is 16.4. The third-order valence-corrected chi connectivity index (χ3v) is 4.64. The molecule has 21 heavy (non-hydrogen) atoms. The van der Waals surface area contributed by atoms with Crippen LogP contribution in [0.5, 0.6) is 0 Å². The number of carbonyl (C=O) groups is 1. The Hall–Kier alpha value is -1.84. The van der Waals surface area contributed by atoms with Crippen LogP contribution in [0.4, 0.5) is 0 Å². The lowest BCUT2D eigenvalue weighted by Gasteiger charge is -2.39. The first-order valence-corrected chi connectivity index (χ1v) is 7.64. The van der Waals surface area contributed by atoms with E-state index in [-0.39, 0.29) is 11.3 Å². The quantitative estimate of drug-likeness (QED) is 0.922. The number of para-hydroxylation sites is 1. The smallest absolute Gasteiger partial charge is 0.337 e. The maximum atomic E-state index is 11.6. The van der Waals surface area contributed by atoms with Gasteiger partial charge in [0.2, 0.25) is 0 Å². The van der Waals surface area contributed by atoms with Gasteiger partial charge in [-0.2, -0.15) is 0 Å². The van der Waals surface area contributed by atoms with E-state index in [1.807, 2.05) is 6.07 Å². The lowest BCUT2D eigenvalue weighted by Crippen LogP contribution is -2.31. The maximum Gasteiger partial charge on any atom is 0.337 e. The number of aromatic nitrogens is 2. The topological polar surface area (TPSA) is 55.1 Å². The molecule has 0 atom stereocenters. The van der Waals surface area contributed by atoms with Crippen LogP contribution in [0.3, 0.4) is 0 Å². The SMILES string of the molecule is CC(C)c1nc2cccc(C(=O)O)c2n1CC1(C)CCC1. The van der Waals surface area contributed by atoms with Crippen LogP contribution < -0.4 is 0 Å². The number of hydrogen-bond acceptors (Lipinski definition) is 2. The van der Waals surface area contributed by atoms with Crippen molar-refractivity contribution in [3.63, 3.8) is 0 Å². The van der Waals surface area contributed by atoms with E-state index in [1.165, 1.54) is 19.3 Å². The van der Waals surface area contributed by atoms with E-state index >= 15 is 0 Å². The van der Waals surface area contributed by atoms with Crippen molar-refractivity contribution in [2.75, 3.05) is 0 Å². The summed E-state index contributed by atoms with van der Waals surface area (Å²) in [5.41, 5.74) is 2.21. The molecule has 1 aromatic heterocycles. The molecule has 1 heterocycles. The Bertz CT molecular complexity index is 696. The van der Waals surface area contributed by atoms with Crippen molar-refractivity contribution >= 4 is 17.0 Å². The second-order valence-electron chi connectivity index (χ2n) is 6.85. The molecular formula is C17H22N2O2. The van der Waals surface area contributed by atoms with Gasteiger partial charge in [0, 0.05) is 12.5 Å². The maximum absolute atomic E-state index is 11.6. The second-order valence-corrected chi connectivity index (χ2v) is 6.85. The summed E-state index contributed by atoms with van der Waals surface area (Å²) in [7, 11) is 0. The Kier molecular flexibility index (Phi) is 3.27. The molecule has 0 amide bonds. The van der Waals surface area contributed by atoms with E-state index in [1.54, 1.807) is 12.1 Å². The van der Waals surface area contributed by atoms with Gasteiger partial charge in [0.15, 0.2) is 0 Å². The number of hydrogen-bond donors (Lipinski definition) is 1. The van der Waals surface area contributed by atoms with Crippen LogP contribution in [-0.4, -0.2) is 20.6 Å². The highest BCUT2D eigenvalue weighted by molar-refractivity contribution is 6.01. The van der Waals surface area contributed by atoms with E-state index in [0.29, 0.717) is 5.56 Å². The Labute approximate surface area is 124 Å². The van der Waals surface area contributed by atoms with Crippen LogP contribution in [0.15, 0.2) is 18.2 Å². The predicted molar refractivity (Wildman–Crippen MR) is 82.7 cm³/mol. The fourth-order valence-electron chi connectivity index (χ4n) is 3.30. The third-order valence-electron chi connectivity index (χ3n) is 4.64. The number of benzene rings is 1. The van der Waals surface area contributed by atoms with Gasteiger partial charge >= 0.3 is 5.97 Å². The fraction of sp³-hybridized carbons (Fsp3) is 0.529. The third kappa shape index (κ3) is 2.33. The van der Waals surface area contributed by atoms with Gasteiger partial charge in [-0.15, -0.1) is 0 Å². The van der Waals surface area contributed by atoms with Crippen LogP contribution in [0.2, 0.25) is 0 Å². The molecule has 1 N–H and O–H groups in total. The van der Waals surface area contributed by atoms with Gasteiger partial charge in [0.1, 0.15) is 5.82 Å².